The summed E-state index contributed by atoms with van der Waals surface area (Å²) in [6.07, 6.45) is 4.96. The van der Waals surface area contributed by atoms with Crippen LogP contribution < -0.4 is 20.9 Å². The molecule has 6 heterocycles. The van der Waals surface area contributed by atoms with Crippen molar-refractivity contribution in [3.8, 4) is 0 Å². The predicted molar refractivity (Wildman–Crippen MR) is 207 cm³/mol. The van der Waals surface area contributed by atoms with Crippen LogP contribution in [0.15, 0.2) is 60.8 Å². The van der Waals surface area contributed by atoms with E-state index in [-0.39, 0.29) is 18.7 Å². The maximum atomic E-state index is 13.6. The zero-order chi connectivity index (χ0) is 38.7. The van der Waals surface area contributed by atoms with Gasteiger partial charge in [0, 0.05) is 69.5 Å². The highest BCUT2D eigenvalue weighted by molar-refractivity contribution is 6.23. The van der Waals surface area contributed by atoms with E-state index in [1.165, 1.54) is 23.3 Å². The highest BCUT2D eigenvalue weighted by Crippen LogP contribution is 2.34. The van der Waals surface area contributed by atoms with Crippen molar-refractivity contribution in [1.82, 2.24) is 34.9 Å². The molecule has 15 heteroatoms. The number of piperidine rings is 2. The normalized spacial score (nSPS) is 19.0. The lowest BCUT2D eigenvalue weighted by molar-refractivity contribution is -0.136. The number of amides is 4. The highest BCUT2D eigenvalue weighted by atomic mass is 19.1. The van der Waals surface area contributed by atoms with Crippen LogP contribution in [0.5, 0.6) is 0 Å². The van der Waals surface area contributed by atoms with Crippen LogP contribution in [0.3, 0.4) is 0 Å². The van der Waals surface area contributed by atoms with Crippen molar-refractivity contribution in [1.29, 1.82) is 0 Å². The molecular weight excluding hydrogens is 716 g/mol. The number of halogens is 1. The number of carbonyl (C=O) groups excluding carboxylic acids is 4. The van der Waals surface area contributed by atoms with Gasteiger partial charge in [-0.25, -0.2) is 14.1 Å². The van der Waals surface area contributed by atoms with Crippen LogP contribution in [0.4, 0.5) is 33.2 Å². The van der Waals surface area contributed by atoms with E-state index in [2.05, 4.69) is 54.0 Å². The van der Waals surface area contributed by atoms with Crippen molar-refractivity contribution in [2.45, 2.75) is 51.6 Å². The zero-order valence-corrected chi connectivity index (χ0v) is 31.1. The first kappa shape index (κ1) is 35.5. The molecule has 0 radical (unpaired) electrons. The molecule has 9 rings (SSSR count). The number of fused-ring (bicyclic) bond motifs is 3. The Morgan fingerprint density at radius 3 is 2.50 bits per heavy atom. The summed E-state index contributed by atoms with van der Waals surface area (Å²) < 4.78 is 15.3. The van der Waals surface area contributed by atoms with Crippen molar-refractivity contribution in [3.63, 3.8) is 0 Å². The molecule has 56 heavy (non-hydrogen) atoms. The summed E-state index contributed by atoms with van der Waals surface area (Å²) in [5, 5.41) is 14.3. The lowest BCUT2D eigenvalue weighted by atomic mass is 9.93. The minimum atomic E-state index is -0.974. The molecule has 2 saturated heterocycles. The second-order valence-corrected chi connectivity index (χ2v) is 15.2. The van der Waals surface area contributed by atoms with Crippen molar-refractivity contribution in [2.24, 2.45) is 13.0 Å². The van der Waals surface area contributed by atoms with Crippen molar-refractivity contribution < 1.29 is 23.6 Å². The summed E-state index contributed by atoms with van der Waals surface area (Å²) >= 11 is 0. The Kier molecular flexibility index (Phi) is 8.95. The molecule has 0 aliphatic carbocycles. The average Bonchev–Trinajstić information content (AvgIpc) is 3.63. The summed E-state index contributed by atoms with van der Waals surface area (Å²) in [6, 6.07) is 15.4. The molecule has 5 aromatic rings. The minimum Gasteiger partial charge on any atom is -0.371 e. The van der Waals surface area contributed by atoms with Gasteiger partial charge in [0.25, 0.3) is 11.8 Å². The van der Waals surface area contributed by atoms with E-state index in [0.717, 1.165) is 84.9 Å². The van der Waals surface area contributed by atoms with Crippen LogP contribution in [-0.4, -0.2) is 85.4 Å². The number of nitrogens with one attached hydrogen (secondary N) is 3. The van der Waals surface area contributed by atoms with Crippen LogP contribution in [0, 0.1) is 18.7 Å². The van der Waals surface area contributed by atoms with E-state index >= 15 is 0 Å². The molecule has 4 amide bonds. The monoisotopic (exact) mass is 756 g/mol. The van der Waals surface area contributed by atoms with E-state index in [4.69, 9.17) is 4.98 Å². The molecule has 2 fully saturated rings. The van der Waals surface area contributed by atoms with Crippen LogP contribution in [0.1, 0.15) is 63.1 Å². The molecule has 14 nitrogen and oxygen atoms in total. The molecule has 4 aliphatic heterocycles. The summed E-state index contributed by atoms with van der Waals surface area (Å²) in [5.74, 6) is -0.664. The van der Waals surface area contributed by atoms with Crippen molar-refractivity contribution >= 4 is 63.5 Å². The molecule has 4 aliphatic rings. The third-order valence-electron chi connectivity index (χ3n) is 11.5. The van der Waals surface area contributed by atoms with Gasteiger partial charge in [0.1, 0.15) is 11.9 Å². The summed E-state index contributed by atoms with van der Waals surface area (Å²) in [6.45, 7) is 6.37. The van der Waals surface area contributed by atoms with Gasteiger partial charge in [-0.3, -0.25) is 34.3 Å². The van der Waals surface area contributed by atoms with Gasteiger partial charge in [0.2, 0.25) is 17.8 Å². The first-order valence-electron chi connectivity index (χ1n) is 19.0. The lowest BCUT2D eigenvalue weighted by Crippen LogP contribution is -2.54. The summed E-state index contributed by atoms with van der Waals surface area (Å²) in [4.78, 5) is 65.8. The number of benzene rings is 3. The number of carbonyl (C=O) groups is 4. The maximum Gasteiger partial charge on any atom is 0.262 e. The van der Waals surface area contributed by atoms with Gasteiger partial charge in [-0.2, -0.15) is 10.1 Å². The summed E-state index contributed by atoms with van der Waals surface area (Å²) in [7, 11) is 1.83. The quantitative estimate of drug-likeness (QED) is 0.184. The fraction of sp³-hybridized carbons (Fsp3) is 0.341. The second kappa shape index (κ2) is 14.1. The zero-order valence-electron chi connectivity index (χ0n) is 31.1. The van der Waals surface area contributed by atoms with Gasteiger partial charge in [-0.15, -0.1) is 0 Å². The average molecular weight is 757 g/mol. The standard InChI is InChI=1S/C41H41FN10O4/c1-23-17-27(42)4-8-33(23)45-36-32-20-43-41(47-37(32)49(2)48-36)44-28-5-3-25-13-14-50(22-26(25)18-28)21-24-11-15-51(16-12-24)29-6-7-30-31(19-29)40(56)52(39(30)55)34-9-10-35(53)46-38(34)54/h3-8,17-20,24,34H,9-16,21-22H2,1-2H3,(H,45,48)(H,43,44,47)(H,46,53,54). The van der Waals surface area contributed by atoms with Crippen molar-refractivity contribution in [2.75, 3.05) is 41.7 Å². The lowest BCUT2D eigenvalue weighted by Gasteiger charge is -2.37. The van der Waals surface area contributed by atoms with Gasteiger partial charge in [0.15, 0.2) is 11.5 Å². The number of aromatic nitrogens is 4. The first-order chi connectivity index (χ1) is 27.1. The molecule has 1 unspecified atom stereocenters. The molecule has 3 aromatic carbocycles. The summed E-state index contributed by atoms with van der Waals surface area (Å²) in [5.41, 5.74) is 7.24. The van der Waals surface area contributed by atoms with Crippen LogP contribution in [-0.2, 0) is 29.6 Å². The Labute approximate surface area is 322 Å². The van der Waals surface area contributed by atoms with Gasteiger partial charge in [0.05, 0.1) is 16.5 Å². The fourth-order valence-corrected chi connectivity index (χ4v) is 8.46. The molecule has 0 bridgehead atoms. The largest absolute Gasteiger partial charge is 0.371 e. The number of aryl methyl sites for hydroxylation is 2. The molecule has 2 aromatic heterocycles. The van der Waals surface area contributed by atoms with E-state index in [1.807, 2.05) is 20.0 Å². The van der Waals surface area contributed by atoms with Crippen LogP contribution >= 0.6 is 0 Å². The number of anilines is 5. The van der Waals surface area contributed by atoms with Gasteiger partial charge in [-0.05, 0) is 104 Å². The Bertz CT molecular complexity index is 2440. The van der Waals surface area contributed by atoms with Crippen LogP contribution in [0.25, 0.3) is 11.0 Å². The Hall–Kier alpha value is -6.22. The second-order valence-electron chi connectivity index (χ2n) is 15.2. The Morgan fingerprint density at radius 1 is 0.875 bits per heavy atom. The highest BCUT2D eigenvalue weighted by Gasteiger charge is 2.45. The molecular formula is C41H41FN10O4. The molecule has 0 spiro atoms. The number of rotatable bonds is 8. The van der Waals surface area contributed by atoms with E-state index in [9.17, 15) is 23.6 Å². The van der Waals surface area contributed by atoms with Crippen molar-refractivity contribution in [3.05, 3.63) is 94.4 Å². The molecule has 3 N–H and O–H groups in total. The number of hydrogen-bond donors (Lipinski definition) is 3. The van der Waals surface area contributed by atoms with E-state index in [0.29, 0.717) is 34.5 Å². The minimum absolute atomic E-state index is 0.0915. The molecule has 1 atom stereocenters. The van der Waals surface area contributed by atoms with Gasteiger partial charge >= 0.3 is 0 Å². The topological polar surface area (TPSA) is 158 Å². The van der Waals surface area contributed by atoms with Gasteiger partial charge in [-0.1, -0.05) is 6.07 Å². The third-order valence-corrected chi connectivity index (χ3v) is 11.5. The first-order valence-corrected chi connectivity index (χ1v) is 19.0. The van der Waals surface area contributed by atoms with Gasteiger partial charge < -0.3 is 15.5 Å². The third kappa shape index (κ3) is 6.61. The fourth-order valence-electron chi connectivity index (χ4n) is 8.46. The van der Waals surface area contributed by atoms with Crippen LogP contribution in [0.2, 0.25) is 0 Å². The SMILES string of the molecule is Cc1cc(F)ccc1Nc1nn(C)c2nc(Nc3ccc4c(c3)CN(CC3CCN(c5ccc6c(c5)C(=O)N(C5CCC(=O)NC5=O)C6=O)CC3)CC4)ncc12. The smallest absolute Gasteiger partial charge is 0.262 e. The number of nitrogens with zero attached hydrogens (tertiary/aromatic N) is 7. The van der Waals surface area contributed by atoms with E-state index < -0.39 is 29.7 Å². The Balaban J connectivity index is 0.808. The number of hydrogen-bond acceptors (Lipinski definition) is 11. The number of imide groups is 2. The van der Waals surface area contributed by atoms with E-state index in [1.54, 1.807) is 29.1 Å². The Morgan fingerprint density at radius 2 is 1.70 bits per heavy atom. The maximum absolute atomic E-state index is 13.6. The molecule has 0 saturated carbocycles. The predicted octanol–water partition coefficient (Wildman–Crippen LogP) is 4.97. The molecule has 286 valence electrons.